The first kappa shape index (κ1) is 17.0. The van der Waals surface area contributed by atoms with Gasteiger partial charge in [0.2, 0.25) is 0 Å². The topological polar surface area (TPSA) is 30.7 Å². The molecule has 2 heterocycles. The minimum Gasteiger partial charge on any atom is -0.266 e. The minimum atomic E-state index is 0.140. The third-order valence-corrected chi connectivity index (χ3v) is 4.75. The highest BCUT2D eigenvalue weighted by molar-refractivity contribution is 5.76. The summed E-state index contributed by atoms with van der Waals surface area (Å²) in [6, 6.07) is 2.06. The lowest BCUT2D eigenvalue weighted by Gasteiger charge is -2.30. The lowest BCUT2D eigenvalue weighted by Crippen LogP contribution is -2.30. The van der Waals surface area contributed by atoms with Crippen molar-refractivity contribution in [3.05, 3.63) is 24.7 Å². The first-order valence-electron chi connectivity index (χ1n) is 8.99. The highest BCUT2D eigenvalue weighted by Crippen LogP contribution is 2.30. The Balaban J connectivity index is 2.09. The molecule has 0 aliphatic rings. The van der Waals surface area contributed by atoms with Crippen LogP contribution >= 0.6 is 0 Å². The smallest absolute Gasteiger partial charge is 0.111 e. The second kappa shape index (κ2) is 8.30. The van der Waals surface area contributed by atoms with Crippen molar-refractivity contribution in [2.75, 3.05) is 0 Å². The third-order valence-electron chi connectivity index (χ3n) is 4.75. The van der Waals surface area contributed by atoms with Gasteiger partial charge in [-0.05, 0) is 25.8 Å². The van der Waals surface area contributed by atoms with Crippen LogP contribution in [0.2, 0.25) is 0 Å². The number of nitrogens with zero attached hydrogens (tertiary/aromatic N) is 3. The Morgan fingerprint density at radius 1 is 1.00 bits per heavy atom. The van der Waals surface area contributed by atoms with Crippen molar-refractivity contribution in [2.45, 2.75) is 84.1 Å². The van der Waals surface area contributed by atoms with Gasteiger partial charge in [0.15, 0.2) is 0 Å². The summed E-state index contributed by atoms with van der Waals surface area (Å²) >= 11 is 0. The lowest BCUT2D eigenvalue weighted by molar-refractivity contribution is 0.230. The third kappa shape index (κ3) is 4.31. The average Bonchev–Trinajstić information content (AvgIpc) is 2.97. The molecule has 0 radical (unpaired) electrons. The van der Waals surface area contributed by atoms with Crippen LogP contribution in [-0.4, -0.2) is 14.8 Å². The van der Waals surface area contributed by atoms with Crippen molar-refractivity contribution in [1.29, 1.82) is 0 Å². The van der Waals surface area contributed by atoms with E-state index in [9.17, 15) is 0 Å². The molecule has 0 saturated carbocycles. The second-order valence-electron chi connectivity index (χ2n) is 6.77. The molecule has 2 aromatic heterocycles. The quantitative estimate of drug-likeness (QED) is 0.527. The molecule has 1 atom stereocenters. The highest BCUT2D eigenvalue weighted by Gasteiger charge is 2.26. The normalized spacial score (nSPS) is 14.3. The molecule has 0 spiro atoms. The number of aromatic nitrogens is 3. The van der Waals surface area contributed by atoms with E-state index in [1.54, 1.807) is 0 Å². The Hall–Kier alpha value is -1.38. The van der Waals surface area contributed by atoms with Gasteiger partial charge in [0.25, 0.3) is 0 Å². The standard InChI is InChI=1S/C19H31N3/c1-4-6-8-9-10-13-19(3,12-7-5-2)22-16-17-11-14-20-15-18(17)21-22/h11,14-16H,4-10,12-13H2,1-3H3. The molecule has 0 amide bonds. The second-order valence-corrected chi connectivity index (χ2v) is 6.77. The van der Waals surface area contributed by atoms with Crippen LogP contribution in [0, 0.1) is 0 Å². The van der Waals surface area contributed by atoms with E-state index in [-0.39, 0.29) is 5.54 Å². The number of pyridine rings is 1. The van der Waals surface area contributed by atoms with Gasteiger partial charge in [0, 0.05) is 17.8 Å². The van der Waals surface area contributed by atoms with Crippen molar-refractivity contribution in [2.24, 2.45) is 0 Å². The zero-order chi connectivity index (χ0) is 15.8. The van der Waals surface area contributed by atoms with Gasteiger partial charge in [0.05, 0.1) is 11.7 Å². The van der Waals surface area contributed by atoms with E-state index < -0.39 is 0 Å². The fourth-order valence-electron chi connectivity index (χ4n) is 3.16. The van der Waals surface area contributed by atoms with Crippen LogP contribution in [-0.2, 0) is 5.54 Å². The average molecular weight is 301 g/mol. The van der Waals surface area contributed by atoms with E-state index >= 15 is 0 Å². The van der Waals surface area contributed by atoms with Crippen LogP contribution in [0.15, 0.2) is 24.7 Å². The van der Waals surface area contributed by atoms with Gasteiger partial charge >= 0.3 is 0 Å². The van der Waals surface area contributed by atoms with Crippen LogP contribution < -0.4 is 0 Å². The molecular weight excluding hydrogens is 270 g/mol. The number of fused-ring (bicyclic) bond motifs is 1. The van der Waals surface area contributed by atoms with Crippen LogP contribution in [0.4, 0.5) is 0 Å². The maximum absolute atomic E-state index is 4.81. The summed E-state index contributed by atoms with van der Waals surface area (Å²) in [7, 11) is 0. The molecule has 3 heteroatoms. The molecule has 3 nitrogen and oxygen atoms in total. The predicted octanol–water partition coefficient (Wildman–Crippen LogP) is 5.70. The van der Waals surface area contributed by atoms with Gasteiger partial charge in [-0.15, -0.1) is 0 Å². The summed E-state index contributed by atoms with van der Waals surface area (Å²) in [5.41, 5.74) is 1.15. The van der Waals surface area contributed by atoms with Crippen LogP contribution in [0.25, 0.3) is 10.9 Å². The Bertz CT molecular complexity index is 528. The van der Waals surface area contributed by atoms with Crippen LogP contribution in [0.1, 0.15) is 78.6 Å². The molecule has 22 heavy (non-hydrogen) atoms. The van der Waals surface area contributed by atoms with Crippen molar-refractivity contribution in [1.82, 2.24) is 14.8 Å². The molecule has 0 N–H and O–H groups in total. The number of hydrogen-bond donors (Lipinski definition) is 0. The maximum atomic E-state index is 4.81. The predicted molar refractivity (Wildman–Crippen MR) is 94.1 cm³/mol. The summed E-state index contributed by atoms with van der Waals surface area (Å²) in [4.78, 5) is 4.19. The van der Waals surface area contributed by atoms with E-state index in [1.165, 1.54) is 63.2 Å². The molecule has 0 aromatic carbocycles. The van der Waals surface area contributed by atoms with Crippen LogP contribution in [0.5, 0.6) is 0 Å². The Kier molecular flexibility index (Phi) is 6.41. The van der Waals surface area contributed by atoms with Gasteiger partial charge in [-0.3, -0.25) is 9.67 Å². The van der Waals surface area contributed by atoms with E-state index in [0.717, 1.165) is 5.52 Å². The van der Waals surface area contributed by atoms with E-state index in [4.69, 9.17) is 5.10 Å². The molecule has 0 aliphatic heterocycles. The zero-order valence-electron chi connectivity index (χ0n) is 14.5. The Morgan fingerprint density at radius 3 is 2.45 bits per heavy atom. The van der Waals surface area contributed by atoms with Gasteiger partial charge in [0.1, 0.15) is 5.52 Å². The van der Waals surface area contributed by atoms with Gasteiger partial charge < -0.3 is 0 Å². The fourth-order valence-corrected chi connectivity index (χ4v) is 3.16. The van der Waals surface area contributed by atoms with E-state index in [2.05, 4.69) is 42.7 Å². The van der Waals surface area contributed by atoms with Crippen LogP contribution in [0.3, 0.4) is 0 Å². The summed E-state index contributed by atoms with van der Waals surface area (Å²) in [6.07, 6.45) is 17.5. The number of hydrogen-bond acceptors (Lipinski definition) is 2. The van der Waals surface area contributed by atoms with Crippen molar-refractivity contribution >= 4 is 10.9 Å². The molecule has 0 fully saturated rings. The largest absolute Gasteiger partial charge is 0.266 e. The van der Waals surface area contributed by atoms with Crippen molar-refractivity contribution in [3.63, 3.8) is 0 Å². The summed E-state index contributed by atoms with van der Waals surface area (Å²) in [5.74, 6) is 0. The van der Waals surface area contributed by atoms with Gasteiger partial charge in [-0.1, -0.05) is 58.8 Å². The number of unbranched alkanes of at least 4 members (excludes halogenated alkanes) is 5. The monoisotopic (exact) mass is 301 g/mol. The molecule has 0 bridgehead atoms. The fraction of sp³-hybridized carbons (Fsp3) is 0.684. The van der Waals surface area contributed by atoms with Crippen molar-refractivity contribution in [3.8, 4) is 0 Å². The molecule has 0 aliphatic carbocycles. The number of rotatable bonds is 10. The summed E-state index contributed by atoms with van der Waals surface area (Å²) < 4.78 is 2.22. The van der Waals surface area contributed by atoms with E-state index in [1.807, 2.05) is 12.4 Å². The SMILES string of the molecule is CCCCCCCC(C)(CCCC)n1cc2ccncc2n1. The highest BCUT2D eigenvalue weighted by atomic mass is 15.3. The molecule has 122 valence electrons. The first-order chi connectivity index (χ1) is 10.7. The molecule has 1 unspecified atom stereocenters. The zero-order valence-corrected chi connectivity index (χ0v) is 14.5. The summed E-state index contributed by atoms with van der Waals surface area (Å²) in [5, 5.41) is 6.00. The molecular formula is C19H31N3. The minimum absolute atomic E-state index is 0.140. The van der Waals surface area contributed by atoms with E-state index in [0.29, 0.717) is 0 Å². The Morgan fingerprint density at radius 2 is 1.73 bits per heavy atom. The van der Waals surface area contributed by atoms with Crippen molar-refractivity contribution < 1.29 is 0 Å². The Labute approximate surface area is 135 Å². The molecule has 0 saturated heterocycles. The maximum Gasteiger partial charge on any atom is 0.111 e. The molecule has 2 aromatic rings. The molecule has 2 rings (SSSR count). The van der Waals surface area contributed by atoms with Gasteiger partial charge in [-0.25, -0.2) is 0 Å². The summed E-state index contributed by atoms with van der Waals surface area (Å²) in [6.45, 7) is 6.92. The van der Waals surface area contributed by atoms with Gasteiger partial charge in [-0.2, -0.15) is 5.10 Å². The first-order valence-corrected chi connectivity index (χ1v) is 8.99. The lowest BCUT2D eigenvalue weighted by atomic mass is 9.88.